The van der Waals surface area contributed by atoms with Crippen LogP contribution in [0.5, 0.6) is 5.75 Å². The van der Waals surface area contributed by atoms with Gasteiger partial charge in [-0.3, -0.25) is 14.9 Å². The number of amides is 1. The van der Waals surface area contributed by atoms with Crippen molar-refractivity contribution >= 4 is 28.9 Å². The summed E-state index contributed by atoms with van der Waals surface area (Å²) in [5.74, 6) is -0.304. The molecule has 1 N–H and O–H groups in total. The van der Waals surface area contributed by atoms with Gasteiger partial charge < -0.3 is 10.1 Å². The fourth-order valence-corrected chi connectivity index (χ4v) is 2.81. The zero-order valence-corrected chi connectivity index (χ0v) is 15.7. The van der Waals surface area contributed by atoms with Crippen LogP contribution in [0.3, 0.4) is 0 Å². The summed E-state index contributed by atoms with van der Waals surface area (Å²) in [7, 11) is 0. The lowest BCUT2D eigenvalue weighted by Gasteiger charge is -2.20. The van der Waals surface area contributed by atoms with Crippen molar-refractivity contribution in [1.82, 2.24) is 0 Å². The van der Waals surface area contributed by atoms with Gasteiger partial charge in [0.15, 0.2) is 0 Å². The van der Waals surface area contributed by atoms with Crippen molar-refractivity contribution < 1.29 is 14.5 Å². The molecule has 144 valence electrons. The van der Waals surface area contributed by atoms with Crippen molar-refractivity contribution in [2.75, 3.05) is 5.32 Å². The normalized spacial score (nSPS) is 11.2. The SMILES string of the molecule is N#Cc1ccccc1OC(C(=O)Nc1ccc(Cl)c([N+](=O)[O-])c1)c1ccccc1. The van der Waals surface area contributed by atoms with Crippen LogP contribution in [0.4, 0.5) is 11.4 Å². The quantitative estimate of drug-likeness (QED) is 0.463. The van der Waals surface area contributed by atoms with Gasteiger partial charge in [-0.1, -0.05) is 54.1 Å². The maximum atomic E-state index is 13.0. The third-order valence-corrected chi connectivity index (χ3v) is 4.32. The minimum Gasteiger partial charge on any atom is -0.474 e. The van der Waals surface area contributed by atoms with Crippen LogP contribution in [0.25, 0.3) is 0 Å². The monoisotopic (exact) mass is 407 g/mol. The second kappa shape index (κ2) is 8.87. The Morgan fingerprint density at radius 1 is 1.10 bits per heavy atom. The molecule has 8 heteroatoms. The maximum absolute atomic E-state index is 13.0. The van der Waals surface area contributed by atoms with Crippen LogP contribution >= 0.6 is 11.6 Å². The number of nitro groups is 1. The van der Waals surface area contributed by atoms with Crippen LogP contribution in [-0.4, -0.2) is 10.8 Å². The van der Waals surface area contributed by atoms with Gasteiger partial charge >= 0.3 is 0 Å². The standard InChI is InChI=1S/C21H14ClN3O4/c22-17-11-10-16(12-18(17)25(27)28)24-21(26)20(14-6-2-1-3-7-14)29-19-9-5-4-8-15(19)13-23/h1-12,20H,(H,24,26). The van der Waals surface area contributed by atoms with E-state index >= 15 is 0 Å². The number of halogens is 1. The highest BCUT2D eigenvalue weighted by Crippen LogP contribution is 2.29. The number of carbonyl (C=O) groups excluding carboxylic acids is 1. The van der Waals surface area contributed by atoms with Crippen LogP contribution in [0.2, 0.25) is 5.02 Å². The number of anilines is 1. The molecule has 3 aromatic carbocycles. The van der Waals surface area contributed by atoms with Gasteiger partial charge in [-0.25, -0.2) is 0 Å². The molecule has 0 fully saturated rings. The summed E-state index contributed by atoms with van der Waals surface area (Å²) >= 11 is 5.82. The van der Waals surface area contributed by atoms with Crippen LogP contribution in [-0.2, 0) is 4.79 Å². The minimum atomic E-state index is -1.08. The third-order valence-electron chi connectivity index (χ3n) is 4.00. The van der Waals surface area contributed by atoms with Crippen LogP contribution in [0.1, 0.15) is 17.2 Å². The van der Waals surface area contributed by atoms with Crippen molar-refractivity contribution in [2.45, 2.75) is 6.10 Å². The van der Waals surface area contributed by atoms with Gasteiger partial charge in [0, 0.05) is 17.3 Å². The number of nitrogens with zero attached hydrogens (tertiary/aromatic N) is 2. The number of para-hydroxylation sites is 1. The molecule has 0 bridgehead atoms. The zero-order chi connectivity index (χ0) is 20.8. The number of rotatable bonds is 6. The second-order valence-corrected chi connectivity index (χ2v) is 6.34. The molecule has 0 aromatic heterocycles. The Hall–Kier alpha value is -3.89. The first kappa shape index (κ1) is 19.9. The van der Waals surface area contributed by atoms with E-state index in [0.29, 0.717) is 5.56 Å². The fraction of sp³-hybridized carbons (Fsp3) is 0.0476. The number of nitrogens with one attached hydrogen (secondary N) is 1. The number of hydrogen-bond donors (Lipinski definition) is 1. The zero-order valence-electron chi connectivity index (χ0n) is 14.9. The average molecular weight is 408 g/mol. The molecule has 0 heterocycles. The molecule has 0 saturated heterocycles. The summed E-state index contributed by atoms with van der Waals surface area (Å²) in [6.45, 7) is 0. The Morgan fingerprint density at radius 3 is 2.48 bits per heavy atom. The van der Waals surface area contributed by atoms with Gasteiger partial charge in [0.2, 0.25) is 6.10 Å². The fourth-order valence-electron chi connectivity index (χ4n) is 2.63. The van der Waals surface area contributed by atoms with E-state index in [1.54, 1.807) is 54.6 Å². The summed E-state index contributed by atoms with van der Waals surface area (Å²) in [5, 5.41) is 22.9. The van der Waals surface area contributed by atoms with Crippen LogP contribution in [0, 0.1) is 21.4 Å². The predicted octanol–water partition coefficient (Wildman–Crippen LogP) is 4.88. The van der Waals surface area contributed by atoms with Crippen molar-refractivity contribution in [3.8, 4) is 11.8 Å². The first-order valence-corrected chi connectivity index (χ1v) is 8.83. The Balaban J connectivity index is 1.92. The minimum absolute atomic E-state index is 0.0354. The molecule has 3 aromatic rings. The van der Waals surface area contributed by atoms with Crippen molar-refractivity contribution in [3.63, 3.8) is 0 Å². The number of benzene rings is 3. The molecular formula is C21H14ClN3O4. The summed E-state index contributed by atoms with van der Waals surface area (Å²) in [6.07, 6.45) is -1.08. The van der Waals surface area contributed by atoms with E-state index in [0.717, 1.165) is 0 Å². The summed E-state index contributed by atoms with van der Waals surface area (Å²) in [5.41, 5.74) is 0.713. The second-order valence-electron chi connectivity index (χ2n) is 5.93. The van der Waals surface area contributed by atoms with Gasteiger partial charge in [-0.15, -0.1) is 0 Å². The van der Waals surface area contributed by atoms with Crippen molar-refractivity contribution in [2.24, 2.45) is 0 Å². The highest BCUT2D eigenvalue weighted by molar-refractivity contribution is 6.32. The van der Waals surface area contributed by atoms with E-state index in [4.69, 9.17) is 16.3 Å². The molecular weight excluding hydrogens is 394 g/mol. The highest BCUT2D eigenvalue weighted by atomic mass is 35.5. The lowest BCUT2D eigenvalue weighted by atomic mass is 10.1. The van der Waals surface area contributed by atoms with E-state index in [1.165, 1.54) is 18.2 Å². The molecule has 0 aliphatic carbocycles. The van der Waals surface area contributed by atoms with Crippen LogP contribution < -0.4 is 10.1 Å². The van der Waals surface area contributed by atoms with Gasteiger partial charge in [0.1, 0.15) is 16.8 Å². The van der Waals surface area contributed by atoms with Gasteiger partial charge in [0.25, 0.3) is 11.6 Å². The molecule has 1 atom stereocenters. The average Bonchev–Trinajstić information content (AvgIpc) is 2.74. The largest absolute Gasteiger partial charge is 0.474 e. The number of ether oxygens (including phenoxy) is 1. The number of nitro benzene ring substituents is 1. The van der Waals surface area contributed by atoms with Crippen molar-refractivity contribution in [3.05, 3.63) is 99.1 Å². The van der Waals surface area contributed by atoms with Crippen molar-refractivity contribution in [1.29, 1.82) is 5.26 Å². The van der Waals surface area contributed by atoms with E-state index in [1.807, 2.05) is 6.07 Å². The van der Waals surface area contributed by atoms with Gasteiger partial charge in [-0.05, 0) is 24.3 Å². The highest BCUT2D eigenvalue weighted by Gasteiger charge is 2.25. The van der Waals surface area contributed by atoms with E-state index in [-0.39, 0.29) is 27.7 Å². The molecule has 1 unspecified atom stereocenters. The first-order chi connectivity index (χ1) is 14.0. The topological polar surface area (TPSA) is 105 Å². The molecule has 0 aliphatic rings. The lowest BCUT2D eigenvalue weighted by Crippen LogP contribution is -2.26. The Bertz CT molecular complexity index is 1100. The molecule has 0 radical (unpaired) electrons. The molecule has 1 amide bonds. The molecule has 3 rings (SSSR count). The van der Waals surface area contributed by atoms with Crippen LogP contribution in [0.15, 0.2) is 72.8 Å². The Labute approximate surface area is 171 Å². The molecule has 29 heavy (non-hydrogen) atoms. The molecule has 7 nitrogen and oxygen atoms in total. The lowest BCUT2D eigenvalue weighted by molar-refractivity contribution is -0.384. The summed E-state index contributed by atoms with van der Waals surface area (Å²) < 4.78 is 5.86. The molecule has 0 spiro atoms. The van der Waals surface area contributed by atoms with E-state index in [2.05, 4.69) is 5.32 Å². The Kier molecular flexibility index (Phi) is 6.07. The maximum Gasteiger partial charge on any atom is 0.289 e. The van der Waals surface area contributed by atoms with E-state index < -0.39 is 16.9 Å². The van der Waals surface area contributed by atoms with Gasteiger partial charge in [0.05, 0.1) is 10.5 Å². The number of carbonyl (C=O) groups is 1. The molecule has 0 aliphatic heterocycles. The number of hydrogen-bond acceptors (Lipinski definition) is 5. The predicted molar refractivity (Wildman–Crippen MR) is 108 cm³/mol. The molecule has 0 saturated carbocycles. The Morgan fingerprint density at radius 2 is 1.79 bits per heavy atom. The van der Waals surface area contributed by atoms with E-state index in [9.17, 15) is 20.2 Å². The summed E-state index contributed by atoms with van der Waals surface area (Å²) in [4.78, 5) is 23.4. The smallest absolute Gasteiger partial charge is 0.289 e. The first-order valence-electron chi connectivity index (χ1n) is 8.45. The third kappa shape index (κ3) is 4.69. The van der Waals surface area contributed by atoms with Gasteiger partial charge in [-0.2, -0.15) is 5.26 Å². The summed E-state index contributed by atoms with van der Waals surface area (Å²) in [6, 6.07) is 21.3. The number of nitriles is 1.